The van der Waals surface area contributed by atoms with Crippen molar-refractivity contribution in [1.82, 2.24) is 4.90 Å². The molecule has 7 heteroatoms. The van der Waals surface area contributed by atoms with E-state index < -0.39 is 21.8 Å². The van der Waals surface area contributed by atoms with Crippen molar-refractivity contribution in [3.05, 3.63) is 81.2 Å². The first-order chi connectivity index (χ1) is 14.2. The number of fused-ring (bicyclic) bond motifs is 1. The average Bonchev–Trinajstić information content (AvgIpc) is 3.06. The normalized spacial score (nSPS) is 17.9. The zero-order valence-corrected chi connectivity index (χ0v) is 17.7. The Morgan fingerprint density at radius 1 is 1.07 bits per heavy atom. The molecule has 1 amide bonds. The molecule has 0 saturated carbocycles. The van der Waals surface area contributed by atoms with Gasteiger partial charge in [0.15, 0.2) is 21.0 Å². The molecule has 1 saturated heterocycles. The highest BCUT2D eigenvalue weighted by molar-refractivity contribution is 7.91. The summed E-state index contributed by atoms with van der Waals surface area (Å²) in [4.78, 5) is 27.4. The zero-order chi connectivity index (χ0) is 21.5. The van der Waals surface area contributed by atoms with Gasteiger partial charge < -0.3 is 9.32 Å². The predicted molar refractivity (Wildman–Crippen MR) is 115 cm³/mol. The van der Waals surface area contributed by atoms with Crippen LogP contribution >= 0.6 is 0 Å². The molecule has 0 N–H and O–H groups in total. The summed E-state index contributed by atoms with van der Waals surface area (Å²) in [6.07, 6.45) is 0.372. The molecule has 2 aromatic carbocycles. The van der Waals surface area contributed by atoms with Crippen LogP contribution in [0.25, 0.3) is 11.0 Å². The Balaban J connectivity index is 1.74. The van der Waals surface area contributed by atoms with E-state index in [1.165, 1.54) is 11.0 Å². The van der Waals surface area contributed by atoms with Gasteiger partial charge >= 0.3 is 0 Å². The molecule has 1 aliphatic rings. The minimum absolute atomic E-state index is 0.0518. The maximum atomic E-state index is 13.4. The quantitative estimate of drug-likeness (QED) is 0.641. The monoisotopic (exact) mass is 425 g/mol. The molecular weight excluding hydrogens is 402 g/mol. The van der Waals surface area contributed by atoms with Crippen LogP contribution in [0.4, 0.5) is 0 Å². The lowest BCUT2D eigenvalue weighted by Crippen LogP contribution is -2.40. The van der Waals surface area contributed by atoms with Gasteiger partial charge in [-0.05, 0) is 43.5 Å². The van der Waals surface area contributed by atoms with Crippen LogP contribution in [-0.4, -0.2) is 36.8 Å². The molecule has 0 aliphatic carbocycles. The Morgan fingerprint density at radius 2 is 1.77 bits per heavy atom. The predicted octanol–water partition coefficient (Wildman–Crippen LogP) is 3.24. The number of rotatable bonds is 4. The maximum Gasteiger partial charge on any atom is 0.290 e. The molecule has 0 radical (unpaired) electrons. The molecule has 1 fully saturated rings. The molecule has 1 aromatic heterocycles. The van der Waals surface area contributed by atoms with E-state index in [4.69, 9.17) is 4.42 Å². The number of sulfone groups is 1. The molecular formula is C23H23NO5S. The topological polar surface area (TPSA) is 84.7 Å². The van der Waals surface area contributed by atoms with Crippen LogP contribution in [0.15, 0.2) is 57.7 Å². The lowest BCUT2D eigenvalue weighted by Gasteiger charge is -2.28. The third-order valence-electron chi connectivity index (χ3n) is 5.48. The lowest BCUT2D eigenvalue weighted by molar-refractivity contribution is 0.0648. The first-order valence-electron chi connectivity index (χ1n) is 9.83. The van der Waals surface area contributed by atoms with Gasteiger partial charge in [0, 0.05) is 18.7 Å². The number of amides is 1. The third kappa shape index (κ3) is 4.16. The highest BCUT2D eigenvalue weighted by Crippen LogP contribution is 2.23. The second-order valence-corrected chi connectivity index (χ2v) is 10.2. The smallest absolute Gasteiger partial charge is 0.290 e. The van der Waals surface area contributed by atoms with Crippen LogP contribution in [0.1, 0.15) is 33.7 Å². The van der Waals surface area contributed by atoms with Gasteiger partial charge in [-0.3, -0.25) is 9.59 Å². The minimum Gasteiger partial charge on any atom is -0.451 e. The fourth-order valence-electron chi connectivity index (χ4n) is 3.79. The van der Waals surface area contributed by atoms with Crippen molar-refractivity contribution < 1.29 is 17.6 Å². The molecule has 1 aliphatic heterocycles. The molecule has 156 valence electrons. The average molecular weight is 426 g/mol. The molecule has 4 rings (SSSR count). The van der Waals surface area contributed by atoms with Crippen molar-refractivity contribution >= 4 is 26.7 Å². The Morgan fingerprint density at radius 3 is 2.43 bits per heavy atom. The number of nitrogens with zero attached hydrogens (tertiary/aromatic N) is 1. The fourth-order valence-corrected chi connectivity index (χ4v) is 5.52. The van der Waals surface area contributed by atoms with E-state index in [9.17, 15) is 18.0 Å². The molecule has 0 spiro atoms. The number of hydrogen-bond donors (Lipinski definition) is 0. The molecule has 30 heavy (non-hydrogen) atoms. The largest absolute Gasteiger partial charge is 0.451 e. The molecule has 0 unspecified atom stereocenters. The Bertz CT molecular complexity index is 1280. The first kappa shape index (κ1) is 20.3. The SMILES string of the molecule is Cc1ccc(CN(C(=O)c2cc(=O)c3ccc(C)cc3o2)[C@@H]2CCS(=O)(=O)C2)cc1. The summed E-state index contributed by atoms with van der Waals surface area (Å²) in [5.74, 6) is -0.578. The van der Waals surface area contributed by atoms with E-state index in [2.05, 4.69) is 0 Å². The summed E-state index contributed by atoms with van der Waals surface area (Å²) in [7, 11) is -3.19. The van der Waals surface area contributed by atoms with Crippen LogP contribution in [0.5, 0.6) is 0 Å². The van der Waals surface area contributed by atoms with E-state index in [0.29, 0.717) is 17.4 Å². The van der Waals surface area contributed by atoms with Crippen LogP contribution in [0.2, 0.25) is 0 Å². The molecule has 3 aromatic rings. The number of hydrogen-bond acceptors (Lipinski definition) is 5. The van der Waals surface area contributed by atoms with E-state index in [0.717, 1.165) is 16.7 Å². The van der Waals surface area contributed by atoms with Crippen molar-refractivity contribution in [2.45, 2.75) is 32.9 Å². The molecule has 0 bridgehead atoms. The second kappa shape index (κ2) is 7.72. The summed E-state index contributed by atoms with van der Waals surface area (Å²) in [5.41, 5.74) is 2.94. The van der Waals surface area contributed by atoms with E-state index in [1.807, 2.05) is 44.2 Å². The molecule has 2 heterocycles. The van der Waals surface area contributed by atoms with Crippen LogP contribution in [0.3, 0.4) is 0 Å². The Kier molecular flexibility index (Phi) is 5.24. The third-order valence-corrected chi connectivity index (χ3v) is 7.23. The van der Waals surface area contributed by atoms with Crippen LogP contribution < -0.4 is 5.43 Å². The zero-order valence-electron chi connectivity index (χ0n) is 16.9. The van der Waals surface area contributed by atoms with Crippen LogP contribution in [0, 0.1) is 13.8 Å². The van der Waals surface area contributed by atoms with Crippen LogP contribution in [-0.2, 0) is 16.4 Å². The van der Waals surface area contributed by atoms with Gasteiger partial charge in [-0.15, -0.1) is 0 Å². The van der Waals surface area contributed by atoms with Gasteiger partial charge in [-0.25, -0.2) is 8.42 Å². The fraction of sp³-hybridized carbons (Fsp3) is 0.304. The summed E-state index contributed by atoms with van der Waals surface area (Å²) >= 11 is 0. The van der Waals surface area contributed by atoms with Crippen molar-refractivity contribution in [1.29, 1.82) is 0 Å². The number of carbonyl (C=O) groups is 1. The highest BCUT2D eigenvalue weighted by Gasteiger charge is 2.36. The van der Waals surface area contributed by atoms with Crippen molar-refractivity contribution in [3.8, 4) is 0 Å². The van der Waals surface area contributed by atoms with Gasteiger partial charge in [0.1, 0.15) is 5.58 Å². The Hall–Kier alpha value is -2.93. The van der Waals surface area contributed by atoms with Crippen molar-refractivity contribution in [2.75, 3.05) is 11.5 Å². The maximum absolute atomic E-state index is 13.4. The minimum atomic E-state index is -3.19. The lowest BCUT2D eigenvalue weighted by atomic mass is 10.1. The van der Waals surface area contributed by atoms with Crippen molar-refractivity contribution in [3.63, 3.8) is 0 Å². The summed E-state index contributed by atoms with van der Waals surface area (Å²) in [6, 6.07) is 13.7. The van der Waals surface area contributed by atoms with E-state index in [1.54, 1.807) is 12.1 Å². The number of benzene rings is 2. The standard InChI is InChI=1S/C23H23NO5S/c1-15-3-6-17(7-4-15)13-24(18-9-10-30(27,28)14-18)23(26)22-12-20(25)19-8-5-16(2)11-21(19)29-22/h3-8,11-12,18H,9-10,13-14H2,1-2H3/t18-/m1/s1. The first-order valence-corrected chi connectivity index (χ1v) is 11.7. The van der Waals surface area contributed by atoms with Gasteiger partial charge in [-0.2, -0.15) is 0 Å². The molecule has 1 atom stereocenters. The Labute approximate surface area is 175 Å². The van der Waals surface area contributed by atoms with E-state index >= 15 is 0 Å². The molecule has 6 nitrogen and oxygen atoms in total. The number of carbonyl (C=O) groups excluding carboxylic acids is 1. The summed E-state index contributed by atoms with van der Waals surface area (Å²) in [6.45, 7) is 4.10. The van der Waals surface area contributed by atoms with Crippen molar-refractivity contribution in [2.24, 2.45) is 0 Å². The second-order valence-electron chi connectivity index (χ2n) is 7.95. The summed E-state index contributed by atoms with van der Waals surface area (Å²) in [5, 5.41) is 0.408. The highest BCUT2D eigenvalue weighted by atomic mass is 32.2. The van der Waals surface area contributed by atoms with Gasteiger partial charge in [0.2, 0.25) is 0 Å². The van der Waals surface area contributed by atoms with Gasteiger partial charge in [0.05, 0.1) is 16.9 Å². The summed E-state index contributed by atoms with van der Waals surface area (Å²) < 4.78 is 29.9. The number of aryl methyl sites for hydroxylation is 2. The van der Waals surface area contributed by atoms with Gasteiger partial charge in [-0.1, -0.05) is 35.9 Å². The van der Waals surface area contributed by atoms with Gasteiger partial charge in [0.25, 0.3) is 5.91 Å². The van der Waals surface area contributed by atoms with E-state index in [-0.39, 0.29) is 29.2 Å².